The molecule has 32 heavy (non-hydrogen) atoms. The van der Waals surface area contributed by atoms with Crippen molar-refractivity contribution in [2.75, 3.05) is 51.3 Å². The Morgan fingerprint density at radius 2 is 1.91 bits per heavy atom. The molecule has 0 amide bonds. The van der Waals surface area contributed by atoms with E-state index in [4.69, 9.17) is 9.47 Å². The van der Waals surface area contributed by atoms with Crippen molar-refractivity contribution in [1.82, 2.24) is 24.0 Å². The molecule has 1 aromatic carbocycles. The first-order valence-electron chi connectivity index (χ1n) is 11.0. The highest BCUT2D eigenvalue weighted by atomic mass is 16.5. The summed E-state index contributed by atoms with van der Waals surface area (Å²) in [6, 6.07) is 9.62. The molecule has 172 valence electrons. The normalized spacial score (nSPS) is 14.7. The molecule has 0 unspecified atom stereocenters. The van der Waals surface area contributed by atoms with E-state index >= 15 is 0 Å². The van der Waals surface area contributed by atoms with E-state index in [1.165, 1.54) is 4.57 Å². The molecule has 2 aromatic heterocycles. The molecule has 0 spiro atoms. The number of anilines is 1. The van der Waals surface area contributed by atoms with Crippen molar-refractivity contribution in [1.29, 1.82) is 0 Å². The second-order valence-electron chi connectivity index (χ2n) is 7.83. The molecule has 1 saturated heterocycles. The highest BCUT2D eigenvalue weighted by Crippen LogP contribution is 2.16. The van der Waals surface area contributed by atoms with Crippen molar-refractivity contribution in [3.05, 3.63) is 51.2 Å². The molecule has 0 bridgehead atoms. The number of fused-ring (bicyclic) bond motifs is 1. The lowest BCUT2D eigenvalue weighted by Gasteiger charge is -2.26. The zero-order chi connectivity index (χ0) is 22.3. The topological polar surface area (TPSA) is 106 Å². The fourth-order valence-electron chi connectivity index (χ4n) is 3.84. The molecule has 1 fully saturated rings. The van der Waals surface area contributed by atoms with Gasteiger partial charge in [0.25, 0.3) is 5.56 Å². The van der Waals surface area contributed by atoms with Crippen LogP contribution in [-0.4, -0.2) is 70.0 Å². The summed E-state index contributed by atoms with van der Waals surface area (Å²) in [5.41, 5.74) is -0.139. The molecular formula is C22H30N6O4. The van der Waals surface area contributed by atoms with Crippen LogP contribution in [0.5, 0.6) is 5.75 Å². The van der Waals surface area contributed by atoms with Gasteiger partial charge < -0.3 is 19.4 Å². The molecule has 0 radical (unpaired) electrons. The van der Waals surface area contributed by atoms with Crippen LogP contribution >= 0.6 is 0 Å². The Hall–Kier alpha value is -3.11. The number of nitrogens with zero attached hydrogens (tertiary/aromatic N) is 4. The van der Waals surface area contributed by atoms with Crippen LogP contribution < -0.4 is 21.3 Å². The lowest BCUT2D eigenvalue weighted by molar-refractivity contribution is 0.0378. The number of nitrogens with one attached hydrogen (secondary N) is 2. The van der Waals surface area contributed by atoms with Gasteiger partial charge in [0, 0.05) is 33.2 Å². The number of H-pyrrole nitrogens is 1. The fraction of sp³-hybridized carbons (Fsp3) is 0.500. The minimum absolute atomic E-state index is 0.374. The molecule has 10 heteroatoms. The van der Waals surface area contributed by atoms with Crippen molar-refractivity contribution in [2.45, 2.75) is 19.4 Å². The van der Waals surface area contributed by atoms with E-state index in [2.05, 4.69) is 20.2 Å². The minimum atomic E-state index is -0.474. The smallest absolute Gasteiger partial charge is 0.329 e. The SMILES string of the molecule is Cn1c(=O)[nH]c(=O)c2c1nc(NCCCN1CCOCC1)n2CCCOc1ccccc1. The Balaban J connectivity index is 1.44. The lowest BCUT2D eigenvalue weighted by atomic mass is 10.3. The van der Waals surface area contributed by atoms with Crippen molar-refractivity contribution < 1.29 is 9.47 Å². The van der Waals surface area contributed by atoms with Crippen LogP contribution in [0.2, 0.25) is 0 Å². The van der Waals surface area contributed by atoms with Crippen LogP contribution in [0, 0.1) is 0 Å². The van der Waals surface area contributed by atoms with Gasteiger partial charge >= 0.3 is 5.69 Å². The fourth-order valence-corrected chi connectivity index (χ4v) is 3.84. The predicted molar refractivity (Wildman–Crippen MR) is 123 cm³/mol. The van der Waals surface area contributed by atoms with Crippen LogP contribution in [0.1, 0.15) is 12.8 Å². The minimum Gasteiger partial charge on any atom is -0.494 e. The number of para-hydroxylation sites is 1. The molecule has 3 heterocycles. The number of hydrogen-bond acceptors (Lipinski definition) is 7. The van der Waals surface area contributed by atoms with Gasteiger partial charge in [0.05, 0.1) is 19.8 Å². The molecule has 4 rings (SSSR count). The van der Waals surface area contributed by atoms with Gasteiger partial charge in [-0.3, -0.25) is 19.2 Å². The Morgan fingerprint density at radius 1 is 1.12 bits per heavy atom. The Bertz CT molecular complexity index is 1130. The van der Waals surface area contributed by atoms with E-state index in [0.29, 0.717) is 43.2 Å². The van der Waals surface area contributed by atoms with Gasteiger partial charge in [-0.25, -0.2) is 4.79 Å². The second-order valence-corrected chi connectivity index (χ2v) is 7.83. The van der Waals surface area contributed by atoms with Gasteiger partial charge in [-0.1, -0.05) is 18.2 Å². The Morgan fingerprint density at radius 3 is 2.69 bits per heavy atom. The van der Waals surface area contributed by atoms with Crippen LogP contribution in [-0.2, 0) is 18.3 Å². The van der Waals surface area contributed by atoms with Crippen molar-refractivity contribution in [3.8, 4) is 5.75 Å². The molecule has 0 atom stereocenters. The third kappa shape index (κ3) is 5.20. The first-order valence-corrected chi connectivity index (χ1v) is 11.0. The standard InChI is InChI=1S/C22H30N6O4/c1-26-19-18(20(29)25-22(26)30)28(11-6-14-32-17-7-3-2-4-8-17)21(24-19)23-9-5-10-27-12-15-31-16-13-27/h2-4,7-8H,5-6,9-16H2,1H3,(H,23,24)(H,25,29,30). The highest BCUT2D eigenvalue weighted by molar-refractivity contribution is 5.74. The maximum Gasteiger partial charge on any atom is 0.329 e. The molecule has 3 aromatic rings. The van der Waals surface area contributed by atoms with Crippen molar-refractivity contribution >= 4 is 17.1 Å². The van der Waals surface area contributed by atoms with Gasteiger partial charge in [0.15, 0.2) is 11.2 Å². The van der Waals surface area contributed by atoms with Gasteiger partial charge in [0.2, 0.25) is 5.95 Å². The average molecular weight is 443 g/mol. The average Bonchev–Trinajstić information content (AvgIpc) is 3.18. The number of aryl methyl sites for hydroxylation is 2. The number of benzene rings is 1. The summed E-state index contributed by atoms with van der Waals surface area (Å²) in [5.74, 6) is 1.40. The summed E-state index contributed by atoms with van der Waals surface area (Å²) >= 11 is 0. The largest absolute Gasteiger partial charge is 0.494 e. The monoisotopic (exact) mass is 442 g/mol. The van der Waals surface area contributed by atoms with Crippen LogP contribution in [0.3, 0.4) is 0 Å². The summed E-state index contributed by atoms with van der Waals surface area (Å²) < 4.78 is 14.4. The number of rotatable bonds is 10. The van der Waals surface area contributed by atoms with E-state index in [-0.39, 0.29) is 0 Å². The molecule has 2 N–H and O–H groups in total. The summed E-state index contributed by atoms with van der Waals surface area (Å²) in [7, 11) is 1.61. The zero-order valence-corrected chi connectivity index (χ0v) is 18.4. The first-order chi connectivity index (χ1) is 15.6. The van der Waals surface area contributed by atoms with Crippen LogP contribution in [0.15, 0.2) is 39.9 Å². The van der Waals surface area contributed by atoms with Gasteiger partial charge in [-0.05, 0) is 31.5 Å². The Kier molecular flexibility index (Phi) is 7.23. The summed E-state index contributed by atoms with van der Waals surface area (Å²) in [6.07, 6.45) is 1.63. The molecule has 1 aliphatic heterocycles. The summed E-state index contributed by atoms with van der Waals surface area (Å²) in [4.78, 5) is 33.9. The Labute approximate surface area is 185 Å². The maximum absolute atomic E-state index is 12.6. The maximum atomic E-state index is 12.6. The summed E-state index contributed by atoms with van der Waals surface area (Å²) in [5, 5.41) is 3.36. The molecule has 0 saturated carbocycles. The lowest BCUT2D eigenvalue weighted by Crippen LogP contribution is -2.37. The van der Waals surface area contributed by atoms with E-state index in [1.807, 2.05) is 34.9 Å². The van der Waals surface area contributed by atoms with E-state index in [9.17, 15) is 9.59 Å². The van der Waals surface area contributed by atoms with Crippen molar-refractivity contribution in [2.24, 2.45) is 7.05 Å². The first kappa shape index (κ1) is 22.1. The van der Waals surface area contributed by atoms with Gasteiger partial charge in [-0.2, -0.15) is 4.98 Å². The zero-order valence-electron chi connectivity index (χ0n) is 18.4. The van der Waals surface area contributed by atoms with E-state index in [0.717, 1.165) is 45.0 Å². The number of aromatic nitrogens is 4. The molecule has 1 aliphatic rings. The highest BCUT2D eigenvalue weighted by Gasteiger charge is 2.17. The number of morpholine rings is 1. The van der Waals surface area contributed by atoms with Crippen molar-refractivity contribution in [3.63, 3.8) is 0 Å². The number of hydrogen-bond donors (Lipinski definition) is 2. The van der Waals surface area contributed by atoms with Gasteiger partial charge in [-0.15, -0.1) is 0 Å². The third-order valence-corrected chi connectivity index (χ3v) is 5.58. The number of imidazole rings is 1. The molecule has 10 nitrogen and oxygen atoms in total. The quantitative estimate of drug-likeness (QED) is 0.452. The number of ether oxygens (including phenoxy) is 2. The second kappa shape index (κ2) is 10.5. The van der Waals surface area contributed by atoms with E-state index < -0.39 is 11.2 Å². The third-order valence-electron chi connectivity index (χ3n) is 5.58. The molecule has 0 aliphatic carbocycles. The van der Waals surface area contributed by atoms with Crippen LogP contribution in [0.4, 0.5) is 5.95 Å². The van der Waals surface area contributed by atoms with Crippen LogP contribution in [0.25, 0.3) is 11.2 Å². The predicted octanol–water partition coefficient (Wildman–Crippen LogP) is 1.03. The molecular weight excluding hydrogens is 412 g/mol. The van der Waals surface area contributed by atoms with Gasteiger partial charge in [0.1, 0.15) is 5.75 Å². The van der Waals surface area contributed by atoms with E-state index in [1.54, 1.807) is 7.05 Å². The summed E-state index contributed by atoms with van der Waals surface area (Å²) in [6.45, 7) is 6.21. The number of aromatic amines is 1.